The van der Waals surface area contributed by atoms with E-state index in [1.165, 1.54) is 13.0 Å². The fraction of sp³-hybridized carbons (Fsp3) is 0.333. The second-order valence-electron chi connectivity index (χ2n) is 3.21. The Morgan fingerprint density at radius 2 is 2.07 bits per heavy atom. The van der Waals surface area contributed by atoms with Gasteiger partial charge in [-0.25, -0.2) is 14.0 Å². The largest absolute Gasteiger partial charge is 0.479 e. The maximum Gasteiger partial charge on any atom is 0.345 e. The van der Waals surface area contributed by atoms with Crippen LogP contribution in [0, 0.1) is 0 Å². The monoisotopic (exact) mass is 200 g/mol. The van der Waals surface area contributed by atoms with E-state index in [0.29, 0.717) is 5.57 Å². The predicted octanol–water partition coefficient (Wildman–Crippen LogP) is 1.14. The fourth-order valence-corrected chi connectivity index (χ4v) is 1.33. The third-order valence-electron chi connectivity index (χ3n) is 1.94. The van der Waals surface area contributed by atoms with Gasteiger partial charge in [-0.15, -0.1) is 0 Å². The van der Waals surface area contributed by atoms with Gasteiger partial charge in [-0.1, -0.05) is 5.57 Å². The number of carboxylic acids is 2. The van der Waals surface area contributed by atoms with Crippen LogP contribution in [0.2, 0.25) is 0 Å². The summed E-state index contributed by atoms with van der Waals surface area (Å²) in [6.45, 7) is 1.46. The average Bonchev–Trinajstić information content (AvgIpc) is 2.02. The Morgan fingerprint density at radius 1 is 1.50 bits per heavy atom. The van der Waals surface area contributed by atoms with Gasteiger partial charge < -0.3 is 10.2 Å². The molecule has 1 rings (SSSR count). The van der Waals surface area contributed by atoms with E-state index < -0.39 is 24.0 Å². The van der Waals surface area contributed by atoms with E-state index >= 15 is 0 Å². The number of carbonyl (C=O) groups is 2. The van der Waals surface area contributed by atoms with Crippen molar-refractivity contribution in [2.45, 2.75) is 19.0 Å². The van der Waals surface area contributed by atoms with Crippen LogP contribution in [0.4, 0.5) is 4.39 Å². The molecule has 1 atom stereocenters. The number of hydrogen-bond donors (Lipinski definition) is 2. The molecule has 0 spiro atoms. The number of alkyl halides is 1. The molecule has 1 aliphatic rings. The second-order valence-corrected chi connectivity index (χ2v) is 3.21. The summed E-state index contributed by atoms with van der Waals surface area (Å²) in [7, 11) is 0. The van der Waals surface area contributed by atoms with Crippen molar-refractivity contribution in [1.29, 1.82) is 0 Å². The molecule has 0 aromatic carbocycles. The van der Waals surface area contributed by atoms with E-state index in [2.05, 4.69) is 0 Å². The summed E-state index contributed by atoms with van der Waals surface area (Å²) in [5.74, 6) is -2.95. The quantitative estimate of drug-likeness (QED) is 0.700. The van der Waals surface area contributed by atoms with Crippen LogP contribution in [0.3, 0.4) is 0 Å². The Labute approximate surface area is 79.4 Å². The van der Waals surface area contributed by atoms with Crippen LogP contribution in [0.15, 0.2) is 23.3 Å². The molecule has 5 heteroatoms. The van der Waals surface area contributed by atoms with Gasteiger partial charge in [0, 0.05) is 12.0 Å². The van der Waals surface area contributed by atoms with E-state index in [9.17, 15) is 14.0 Å². The van der Waals surface area contributed by atoms with Crippen LogP contribution in [0.1, 0.15) is 13.3 Å². The minimum absolute atomic E-state index is 0.227. The van der Waals surface area contributed by atoms with Crippen LogP contribution in [-0.2, 0) is 9.59 Å². The molecule has 1 unspecified atom stereocenters. The molecule has 1 aliphatic carbocycles. The lowest BCUT2D eigenvalue weighted by molar-refractivity contribution is -0.147. The molecular weight excluding hydrogens is 191 g/mol. The molecule has 0 saturated carbocycles. The Balaban J connectivity index is 3.08. The minimum Gasteiger partial charge on any atom is -0.479 e. The van der Waals surface area contributed by atoms with Gasteiger partial charge >= 0.3 is 11.9 Å². The summed E-state index contributed by atoms with van der Waals surface area (Å²) in [5, 5.41) is 17.2. The minimum atomic E-state index is -2.59. The first kappa shape index (κ1) is 10.4. The molecule has 14 heavy (non-hydrogen) atoms. The lowest BCUT2D eigenvalue weighted by Gasteiger charge is -2.21. The summed E-state index contributed by atoms with van der Waals surface area (Å²) in [4.78, 5) is 21.1. The molecule has 76 valence electrons. The molecule has 0 amide bonds. The Hall–Kier alpha value is -1.65. The number of halogens is 1. The fourth-order valence-electron chi connectivity index (χ4n) is 1.33. The molecule has 0 fully saturated rings. The zero-order valence-electron chi connectivity index (χ0n) is 7.45. The molecule has 0 aromatic heterocycles. The maximum absolute atomic E-state index is 13.6. The lowest BCUT2D eigenvalue weighted by Crippen LogP contribution is -2.34. The average molecular weight is 200 g/mol. The topological polar surface area (TPSA) is 74.6 Å². The van der Waals surface area contributed by atoms with Crippen LogP contribution in [-0.4, -0.2) is 27.8 Å². The Kier molecular flexibility index (Phi) is 2.42. The van der Waals surface area contributed by atoms with Crippen molar-refractivity contribution < 1.29 is 24.2 Å². The number of rotatable bonds is 2. The SMILES string of the molecule is CC1=CC(F)(C(=O)O)CC(C(=O)O)=C1. The van der Waals surface area contributed by atoms with Crippen LogP contribution in [0.5, 0.6) is 0 Å². The summed E-state index contributed by atoms with van der Waals surface area (Å²) in [6, 6.07) is 0. The van der Waals surface area contributed by atoms with Crippen molar-refractivity contribution in [3.63, 3.8) is 0 Å². The summed E-state index contributed by atoms with van der Waals surface area (Å²) < 4.78 is 13.6. The molecule has 0 heterocycles. The molecule has 0 aromatic rings. The number of allylic oxidation sites excluding steroid dienone is 2. The Bertz CT molecular complexity index is 356. The predicted molar refractivity (Wildman–Crippen MR) is 45.6 cm³/mol. The third kappa shape index (κ3) is 1.81. The van der Waals surface area contributed by atoms with Gasteiger partial charge in [0.15, 0.2) is 0 Å². The van der Waals surface area contributed by atoms with Crippen LogP contribution in [0.25, 0.3) is 0 Å². The van der Waals surface area contributed by atoms with Crippen molar-refractivity contribution in [2.75, 3.05) is 0 Å². The maximum atomic E-state index is 13.6. The van der Waals surface area contributed by atoms with E-state index in [4.69, 9.17) is 10.2 Å². The Morgan fingerprint density at radius 3 is 2.50 bits per heavy atom. The van der Waals surface area contributed by atoms with Gasteiger partial charge in [0.2, 0.25) is 5.67 Å². The van der Waals surface area contributed by atoms with Crippen LogP contribution < -0.4 is 0 Å². The van der Waals surface area contributed by atoms with E-state index in [-0.39, 0.29) is 5.57 Å². The summed E-state index contributed by atoms with van der Waals surface area (Å²) in [5.41, 5.74) is -2.51. The smallest absolute Gasteiger partial charge is 0.345 e. The summed E-state index contributed by atoms with van der Waals surface area (Å²) >= 11 is 0. The zero-order chi connectivity index (χ0) is 10.9. The first-order valence-electron chi connectivity index (χ1n) is 3.91. The van der Waals surface area contributed by atoms with Gasteiger partial charge in [-0.2, -0.15) is 0 Å². The highest BCUT2D eigenvalue weighted by Gasteiger charge is 2.40. The normalized spacial score (nSPS) is 26.4. The standard InChI is InChI=1S/C9H9FO4/c1-5-2-6(7(11)12)4-9(10,3-5)8(13)14/h2-3H,4H2,1H3,(H,11,12)(H,13,14). The van der Waals surface area contributed by atoms with Crippen molar-refractivity contribution in [3.05, 3.63) is 23.3 Å². The van der Waals surface area contributed by atoms with Gasteiger partial charge in [0.25, 0.3) is 0 Å². The number of carboxylic acid groups (broad SMARTS) is 2. The molecule has 0 aliphatic heterocycles. The van der Waals surface area contributed by atoms with Crippen molar-refractivity contribution in [2.24, 2.45) is 0 Å². The molecule has 0 bridgehead atoms. The highest BCUT2D eigenvalue weighted by atomic mass is 19.1. The first-order valence-corrected chi connectivity index (χ1v) is 3.91. The molecular formula is C9H9FO4. The van der Waals surface area contributed by atoms with E-state index in [0.717, 1.165) is 6.08 Å². The molecule has 0 saturated heterocycles. The molecule has 0 radical (unpaired) electrons. The highest BCUT2D eigenvalue weighted by Crippen LogP contribution is 2.30. The van der Waals surface area contributed by atoms with Crippen molar-refractivity contribution >= 4 is 11.9 Å². The van der Waals surface area contributed by atoms with Gasteiger partial charge in [0.05, 0.1) is 0 Å². The third-order valence-corrected chi connectivity index (χ3v) is 1.94. The van der Waals surface area contributed by atoms with Gasteiger partial charge in [0.1, 0.15) is 0 Å². The lowest BCUT2D eigenvalue weighted by atomic mass is 9.88. The van der Waals surface area contributed by atoms with Crippen molar-refractivity contribution in [3.8, 4) is 0 Å². The van der Waals surface area contributed by atoms with E-state index in [1.54, 1.807) is 0 Å². The first-order chi connectivity index (χ1) is 6.35. The van der Waals surface area contributed by atoms with Crippen molar-refractivity contribution in [1.82, 2.24) is 0 Å². The second kappa shape index (κ2) is 3.25. The van der Waals surface area contributed by atoms with Crippen LogP contribution >= 0.6 is 0 Å². The number of aliphatic carboxylic acids is 2. The highest BCUT2D eigenvalue weighted by molar-refractivity contribution is 5.91. The van der Waals surface area contributed by atoms with E-state index in [1.807, 2.05) is 0 Å². The molecule has 2 N–H and O–H groups in total. The summed E-state index contributed by atoms with van der Waals surface area (Å²) in [6.07, 6.45) is 1.56. The van der Waals surface area contributed by atoms with Gasteiger partial charge in [-0.3, -0.25) is 0 Å². The molecule has 4 nitrogen and oxygen atoms in total. The van der Waals surface area contributed by atoms with Gasteiger partial charge in [-0.05, 0) is 19.1 Å². The number of hydrogen-bond acceptors (Lipinski definition) is 2. The zero-order valence-corrected chi connectivity index (χ0v) is 7.45.